The van der Waals surface area contributed by atoms with Gasteiger partial charge in [-0.3, -0.25) is 9.10 Å². The summed E-state index contributed by atoms with van der Waals surface area (Å²) in [5.41, 5.74) is 3.31. The molecule has 0 unspecified atom stereocenters. The Hall–Kier alpha value is -2.84. The average Bonchev–Trinajstić information content (AvgIpc) is 3.26. The predicted molar refractivity (Wildman–Crippen MR) is 123 cm³/mol. The Balaban J connectivity index is 1.52. The van der Waals surface area contributed by atoms with E-state index in [9.17, 15) is 13.2 Å². The highest BCUT2D eigenvalue weighted by molar-refractivity contribution is 7.92. The number of hydrogen-bond donors (Lipinski definition) is 1. The highest BCUT2D eigenvalue weighted by Gasteiger charge is 2.19. The fraction of sp³-hybridized carbons (Fsp3) is 0.273. The van der Waals surface area contributed by atoms with E-state index in [4.69, 9.17) is 11.6 Å². The number of nitrogens with one attached hydrogen (secondary N) is 1. The number of hydrogen-bond acceptors (Lipinski definition) is 4. The molecule has 1 heterocycles. The molecular weight excluding hydrogens is 436 g/mol. The number of benzene rings is 2. The Morgan fingerprint density at radius 1 is 1.19 bits per heavy atom. The normalized spacial score (nSPS) is 11.3. The van der Waals surface area contributed by atoms with Crippen molar-refractivity contribution < 1.29 is 13.2 Å². The summed E-state index contributed by atoms with van der Waals surface area (Å²) in [6, 6.07) is 12.9. The minimum atomic E-state index is -3.50. The fourth-order valence-corrected chi connectivity index (χ4v) is 4.37. The Labute approximate surface area is 187 Å². The van der Waals surface area contributed by atoms with Gasteiger partial charge in [0.15, 0.2) is 0 Å². The number of carbonyl (C=O) groups is 1. The lowest BCUT2D eigenvalue weighted by Crippen LogP contribution is -2.32. The smallest absolute Gasteiger partial charge is 0.232 e. The van der Waals surface area contributed by atoms with Crippen molar-refractivity contribution in [2.24, 2.45) is 0 Å². The summed E-state index contributed by atoms with van der Waals surface area (Å²) in [6.45, 7) is 2.44. The number of aryl methyl sites for hydroxylation is 1. The van der Waals surface area contributed by atoms with E-state index in [1.54, 1.807) is 30.7 Å². The molecule has 164 valence electrons. The summed E-state index contributed by atoms with van der Waals surface area (Å²) in [4.78, 5) is 16.3. The minimum Gasteiger partial charge on any atom is -0.352 e. The Morgan fingerprint density at radius 2 is 1.94 bits per heavy atom. The van der Waals surface area contributed by atoms with E-state index in [1.165, 1.54) is 4.31 Å². The standard InChI is InChI=1S/C22H25ClN4O3S/c1-17-5-8-19(23)14-21(17)27(31(2,29)30)12-3-4-22(28)25-15-18-6-9-20(10-7-18)26-13-11-24-16-26/h5-11,13-14,16H,3-4,12,15H2,1-2H3,(H,25,28). The van der Waals surface area contributed by atoms with Gasteiger partial charge in [-0.15, -0.1) is 0 Å². The van der Waals surface area contributed by atoms with Crippen molar-refractivity contribution in [2.45, 2.75) is 26.3 Å². The molecule has 0 aliphatic heterocycles. The predicted octanol–water partition coefficient (Wildman–Crippen LogP) is 3.70. The van der Waals surface area contributed by atoms with Gasteiger partial charge in [0.05, 0.1) is 18.3 Å². The molecule has 3 rings (SSSR count). The molecule has 1 aromatic heterocycles. The van der Waals surface area contributed by atoms with Crippen molar-refractivity contribution in [1.82, 2.24) is 14.9 Å². The summed E-state index contributed by atoms with van der Waals surface area (Å²) >= 11 is 6.04. The minimum absolute atomic E-state index is 0.130. The molecule has 31 heavy (non-hydrogen) atoms. The summed E-state index contributed by atoms with van der Waals surface area (Å²) in [5.74, 6) is -0.130. The first-order chi connectivity index (χ1) is 14.7. The second kappa shape index (κ2) is 9.98. The van der Waals surface area contributed by atoms with E-state index in [0.29, 0.717) is 23.7 Å². The van der Waals surface area contributed by atoms with E-state index in [0.717, 1.165) is 23.1 Å². The topological polar surface area (TPSA) is 84.3 Å². The molecule has 0 bridgehead atoms. The number of aromatic nitrogens is 2. The summed E-state index contributed by atoms with van der Waals surface area (Å²) in [6.07, 6.45) is 7.07. The van der Waals surface area contributed by atoms with Crippen molar-refractivity contribution in [3.8, 4) is 5.69 Å². The second-order valence-electron chi connectivity index (χ2n) is 7.28. The van der Waals surface area contributed by atoms with Crippen LogP contribution >= 0.6 is 11.6 Å². The number of nitrogens with zero attached hydrogens (tertiary/aromatic N) is 3. The maximum Gasteiger partial charge on any atom is 0.232 e. The van der Waals surface area contributed by atoms with Crippen LogP contribution in [0.1, 0.15) is 24.0 Å². The number of carbonyl (C=O) groups excluding carboxylic acids is 1. The van der Waals surface area contributed by atoms with Crippen LogP contribution in [0.25, 0.3) is 5.69 Å². The molecule has 0 radical (unpaired) electrons. The second-order valence-corrected chi connectivity index (χ2v) is 9.63. The maximum atomic E-state index is 12.3. The van der Waals surface area contributed by atoms with E-state index in [2.05, 4.69) is 10.3 Å². The molecule has 9 heteroatoms. The van der Waals surface area contributed by atoms with Crippen molar-refractivity contribution in [3.63, 3.8) is 0 Å². The average molecular weight is 461 g/mol. The quantitative estimate of drug-likeness (QED) is 0.527. The molecule has 0 fully saturated rings. The zero-order chi connectivity index (χ0) is 22.4. The SMILES string of the molecule is Cc1ccc(Cl)cc1N(CCCC(=O)NCc1ccc(-n2ccnc2)cc1)S(C)(=O)=O. The lowest BCUT2D eigenvalue weighted by atomic mass is 10.2. The zero-order valence-electron chi connectivity index (χ0n) is 17.5. The molecule has 2 aromatic carbocycles. The van der Waals surface area contributed by atoms with Gasteiger partial charge in [0, 0.05) is 42.6 Å². The van der Waals surface area contributed by atoms with Crippen LogP contribution in [-0.2, 0) is 21.4 Å². The molecular formula is C22H25ClN4O3S. The van der Waals surface area contributed by atoms with Crippen LogP contribution in [0.4, 0.5) is 5.69 Å². The fourth-order valence-electron chi connectivity index (χ4n) is 3.19. The monoisotopic (exact) mass is 460 g/mol. The van der Waals surface area contributed by atoms with Gasteiger partial charge in [-0.05, 0) is 48.7 Å². The number of amides is 1. The summed E-state index contributed by atoms with van der Waals surface area (Å²) < 4.78 is 27.7. The van der Waals surface area contributed by atoms with Crippen LogP contribution in [0.5, 0.6) is 0 Å². The van der Waals surface area contributed by atoms with Crippen molar-refractivity contribution in [2.75, 3.05) is 17.1 Å². The Bertz CT molecular complexity index is 1130. The van der Waals surface area contributed by atoms with Gasteiger partial charge in [0.2, 0.25) is 15.9 Å². The number of halogens is 1. The third kappa shape index (κ3) is 6.32. The highest BCUT2D eigenvalue weighted by atomic mass is 35.5. The molecule has 7 nitrogen and oxygen atoms in total. The number of anilines is 1. The molecule has 1 N–H and O–H groups in total. The lowest BCUT2D eigenvalue weighted by molar-refractivity contribution is -0.121. The lowest BCUT2D eigenvalue weighted by Gasteiger charge is -2.24. The van der Waals surface area contributed by atoms with Crippen LogP contribution in [-0.4, -0.2) is 36.7 Å². The van der Waals surface area contributed by atoms with Crippen LogP contribution in [0.2, 0.25) is 5.02 Å². The number of sulfonamides is 1. The third-order valence-electron chi connectivity index (χ3n) is 4.83. The molecule has 0 spiro atoms. The first kappa shape index (κ1) is 22.8. The van der Waals surface area contributed by atoms with Gasteiger partial charge in [-0.2, -0.15) is 0 Å². The van der Waals surface area contributed by atoms with Crippen molar-refractivity contribution in [1.29, 1.82) is 0 Å². The van der Waals surface area contributed by atoms with Crippen LogP contribution < -0.4 is 9.62 Å². The van der Waals surface area contributed by atoms with Crippen LogP contribution in [0, 0.1) is 6.92 Å². The van der Waals surface area contributed by atoms with Gasteiger partial charge in [-0.25, -0.2) is 13.4 Å². The zero-order valence-corrected chi connectivity index (χ0v) is 19.0. The van der Waals surface area contributed by atoms with Gasteiger partial charge >= 0.3 is 0 Å². The van der Waals surface area contributed by atoms with Crippen LogP contribution in [0.3, 0.4) is 0 Å². The Kier molecular flexibility index (Phi) is 7.35. The van der Waals surface area contributed by atoms with Crippen molar-refractivity contribution >= 4 is 33.2 Å². The molecule has 3 aromatic rings. The summed E-state index contributed by atoms with van der Waals surface area (Å²) in [7, 11) is -3.50. The van der Waals surface area contributed by atoms with E-state index in [-0.39, 0.29) is 18.9 Å². The van der Waals surface area contributed by atoms with Crippen molar-refractivity contribution in [3.05, 3.63) is 77.3 Å². The van der Waals surface area contributed by atoms with Gasteiger partial charge < -0.3 is 9.88 Å². The molecule has 0 saturated heterocycles. The highest BCUT2D eigenvalue weighted by Crippen LogP contribution is 2.26. The van der Waals surface area contributed by atoms with Gasteiger partial charge in [0.1, 0.15) is 0 Å². The van der Waals surface area contributed by atoms with Gasteiger partial charge in [-0.1, -0.05) is 29.8 Å². The van der Waals surface area contributed by atoms with Crippen LogP contribution in [0.15, 0.2) is 61.2 Å². The largest absolute Gasteiger partial charge is 0.352 e. The third-order valence-corrected chi connectivity index (χ3v) is 6.25. The van der Waals surface area contributed by atoms with Gasteiger partial charge in [0.25, 0.3) is 0 Å². The van der Waals surface area contributed by atoms with E-state index < -0.39 is 10.0 Å². The van der Waals surface area contributed by atoms with E-state index >= 15 is 0 Å². The molecule has 0 saturated carbocycles. The molecule has 0 atom stereocenters. The molecule has 0 aliphatic carbocycles. The first-order valence-electron chi connectivity index (χ1n) is 9.82. The van der Waals surface area contributed by atoms with E-state index in [1.807, 2.05) is 42.0 Å². The number of rotatable bonds is 9. The molecule has 1 amide bonds. The number of imidazole rings is 1. The Morgan fingerprint density at radius 3 is 2.58 bits per heavy atom. The molecule has 0 aliphatic rings. The first-order valence-corrected chi connectivity index (χ1v) is 12.0. The summed E-state index contributed by atoms with van der Waals surface area (Å²) in [5, 5.41) is 3.34. The maximum absolute atomic E-state index is 12.3.